The number of hydrogen-bond acceptors (Lipinski definition) is 1. The van der Waals surface area contributed by atoms with Crippen LogP contribution in [0, 0.1) is 13.8 Å². The normalized spacial score (nSPS) is 12.0. The van der Waals surface area contributed by atoms with E-state index in [1.54, 1.807) is 0 Å². The summed E-state index contributed by atoms with van der Waals surface area (Å²) in [5.41, 5.74) is 3.60. The van der Waals surface area contributed by atoms with E-state index in [9.17, 15) is 0 Å². The summed E-state index contributed by atoms with van der Waals surface area (Å²) in [4.78, 5) is 0. The lowest BCUT2D eigenvalue weighted by atomic mass is 10.1. The third kappa shape index (κ3) is 3.49. The minimum atomic E-state index is 0.408. The van der Waals surface area contributed by atoms with Gasteiger partial charge in [0.2, 0.25) is 0 Å². The second kappa shape index (κ2) is 5.85. The van der Waals surface area contributed by atoms with Crippen LogP contribution in [0.5, 0.6) is 0 Å². The standard InChI is InChI=1S/C13H20N2S/c1-5-10(3)14-13(16)15-12-8-6-7-9(2)11(12)4/h6-8,10H,5H2,1-4H3,(H2,14,15,16)/t10-/m0/s1. The predicted molar refractivity (Wildman–Crippen MR) is 75.0 cm³/mol. The lowest BCUT2D eigenvalue weighted by molar-refractivity contribution is 0.646. The van der Waals surface area contributed by atoms with E-state index < -0.39 is 0 Å². The van der Waals surface area contributed by atoms with Crippen LogP contribution in [0.1, 0.15) is 31.4 Å². The summed E-state index contributed by atoms with van der Waals surface area (Å²) >= 11 is 5.26. The SMILES string of the molecule is CC[C@H](C)NC(=S)Nc1cccc(C)c1C. The quantitative estimate of drug-likeness (QED) is 0.787. The number of benzene rings is 1. The number of thiocarbonyl (C=S) groups is 1. The van der Waals surface area contributed by atoms with Crippen LogP contribution in [0.3, 0.4) is 0 Å². The van der Waals surface area contributed by atoms with Gasteiger partial charge >= 0.3 is 0 Å². The number of aryl methyl sites for hydroxylation is 1. The van der Waals surface area contributed by atoms with E-state index in [0.717, 1.165) is 12.1 Å². The monoisotopic (exact) mass is 236 g/mol. The Balaban J connectivity index is 2.66. The Morgan fingerprint density at radius 3 is 2.69 bits per heavy atom. The van der Waals surface area contributed by atoms with E-state index in [0.29, 0.717) is 11.2 Å². The van der Waals surface area contributed by atoms with Crippen molar-refractivity contribution in [2.75, 3.05) is 5.32 Å². The van der Waals surface area contributed by atoms with E-state index in [1.165, 1.54) is 11.1 Å². The summed E-state index contributed by atoms with van der Waals surface area (Å²) in [6.45, 7) is 8.46. The molecular formula is C13H20N2S. The summed E-state index contributed by atoms with van der Waals surface area (Å²) in [5, 5.41) is 7.18. The van der Waals surface area contributed by atoms with Gasteiger partial charge in [-0.1, -0.05) is 19.1 Å². The second-order valence-corrected chi connectivity index (χ2v) is 4.56. The fourth-order valence-electron chi connectivity index (χ4n) is 1.37. The highest BCUT2D eigenvalue weighted by molar-refractivity contribution is 7.80. The van der Waals surface area contributed by atoms with Crippen molar-refractivity contribution in [3.63, 3.8) is 0 Å². The molecule has 1 aromatic carbocycles. The molecule has 2 N–H and O–H groups in total. The molecule has 88 valence electrons. The number of anilines is 1. The molecule has 0 saturated carbocycles. The molecule has 1 aromatic rings. The topological polar surface area (TPSA) is 24.1 Å². The minimum absolute atomic E-state index is 0.408. The molecule has 1 rings (SSSR count). The van der Waals surface area contributed by atoms with E-state index in [4.69, 9.17) is 12.2 Å². The van der Waals surface area contributed by atoms with Crippen molar-refractivity contribution in [3.8, 4) is 0 Å². The maximum atomic E-state index is 5.26. The zero-order valence-corrected chi connectivity index (χ0v) is 11.2. The van der Waals surface area contributed by atoms with E-state index >= 15 is 0 Å². The molecule has 0 fully saturated rings. The molecule has 0 bridgehead atoms. The van der Waals surface area contributed by atoms with Crippen molar-refractivity contribution in [3.05, 3.63) is 29.3 Å². The third-order valence-electron chi connectivity index (χ3n) is 2.84. The zero-order chi connectivity index (χ0) is 12.1. The Bertz CT molecular complexity index is 374. The fraction of sp³-hybridized carbons (Fsp3) is 0.462. The van der Waals surface area contributed by atoms with Gasteiger partial charge in [-0.3, -0.25) is 0 Å². The largest absolute Gasteiger partial charge is 0.360 e. The van der Waals surface area contributed by atoms with Crippen molar-refractivity contribution in [2.24, 2.45) is 0 Å². The first-order valence-corrected chi connectivity index (χ1v) is 6.09. The molecule has 16 heavy (non-hydrogen) atoms. The van der Waals surface area contributed by atoms with Crippen molar-refractivity contribution in [2.45, 2.75) is 40.2 Å². The second-order valence-electron chi connectivity index (χ2n) is 4.16. The van der Waals surface area contributed by atoms with Crippen LogP contribution in [0.15, 0.2) is 18.2 Å². The van der Waals surface area contributed by atoms with Crippen molar-refractivity contribution in [1.29, 1.82) is 0 Å². The van der Waals surface area contributed by atoms with Gasteiger partial charge in [0.15, 0.2) is 5.11 Å². The van der Waals surface area contributed by atoms with E-state index in [2.05, 4.69) is 44.4 Å². The molecule has 2 nitrogen and oxygen atoms in total. The van der Waals surface area contributed by atoms with E-state index in [1.807, 2.05) is 12.1 Å². The summed E-state index contributed by atoms with van der Waals surface area (Å²) in [7, 11) is 0. The maximum absolute atomic E-state index is 5.26. The zero-order valence-electron chi connectivity index (χ0n) is 10.4. The molecule has 0 unspecified atom stereocenters. The smallest absolute Gasteiger partial charge is 0.170 e. The Morgan fingerprint density at radius 2 is 2.06 bits per heavy atom. The third-order valence-corrected chi connectivity index (χ3v) is 3.06. The first-order chi connectivity index (χ1) is 7.54. The van der Waals surface area contributed by atoms with Gasteiger partial charge < -0.3 is 10.6 Å². The molecule has 0 aliphatic heterocycles. The molecule has 0 aliphatic rings. The van der Waals surface area contributed by atoms with E-state index in [-0.39, 0.29) is 0 Å². The highest BCUT2D eigenvalue weighted by Crippen LogP contribution is 2.17. The number of hydrogen-bond donors (Lipinski definition) is 2. The van der Waals surface area contributed by atoms with Crippen LogP contribution in [0.2, 0.25) is 0 Å². The fourth-order valence-corrected chi connectivity index (χ4v) is 1.68. The van der Waals surface area contributed by atoms with Crippen LogP contribution in [-0.4, -0.2) is 11.2 Å². The molecule has 0 heterocycles. The van der Waals surface area contributed by atoms with Crippen LogP contribution in [0.4, 0.5) is 5.69 Å². The van der Waals surface area contributed by atoms with Crippen molar-refractivity contribution >= 4 is 23.0 Å². The van der Waals surface area contributed by atoms with Crippen LogP contribution < -0.4 is 10.6 Å². The van der Waals surface area contributed by atoms with Gasteiger partial charge in [-0.15, -0.1) is 0 Å². The van der Waals surface area contributed by atoms with Crippen molar-refractivity contribution < 1.29 is 0 Å². The molecule has 0 saturated heterocycles. The first kappa shape index (κ1) is 13.0. The van der Waals surface area contributed by atoms with Gasteiger partial charge in [-0.05, 0) is 56.6 Å². The Morgan fingerprint density at radius 1 is 1.38 bits per heavy atom. The molecule has 0 radical (unpaired) electrons. The lowest BCUT2D eigenvalue weighted by Crippen LogP contribution is -2.35. The first-order valence-electron chi connectivity index (χ1n) is 5.68. The average molecular weight is 236 g/mol. The average Bonchev–Trinajstić information content (AvgIpc) is 2.24. The lowest BCUT2D eigenvalue weighted by Gasteiger charge is -2.17. The number of nitrogens with one attached hydrogen (secondary N) is 2. The molecule has 0 spiro atoms. The van der Waals surface area contributed by atoms with Gasteiger partial charge in [0.05, 0.1) is 0 Å². The Labute approximate surface area is 103 Å². The van der Waals surface area contributed by atoms with Crippen LogP contribution in [0.25, 0.3) is 0 Å². The minimum Gasteiger partial charge on any atom is -0.360 e. The Kier molecular flexibility index (Phi) is 4.74. The van der Waals surface area contributed by atoms with Crippen LogP contribution >= 0.6 is 12.2 Å². The van der Waals surface area contributed by atoms with Gasteiger partial charge in [-0.2, -0.15) is 0 Å². The summed E-state index contributed by atoms with van der Waals surface area (Å²) < 4.78 is 0. The molecular weight excluding hydrogens is 216 g/mol. The van der Waals surface area contributed by atoms with Crippen molar-refractivity contribution in [1.82, 2.24) is 5.32 Å². The molecule has 1 atom stereocenters. The molecule has 0 aliphatic carbocycles. The van der Waals surface area contributed by atoms with Gasteiger partial charge in [-0.25, -0.2) is 0 Å². The summed E-state index contributed by atoms with van der Waals surface area (Å²) in [6.07, 6.45) is 1.06. The van der Waals surface area contributed by atoms with Crippen LogP contribution in [-0.2, 0) is 0 Å². The molecule has 0 aromatic heterocycles. The number of rotatable bonds is 3. The summed E-state index contributed by atoms with van der Waals surface area (Å²) in [5.74, 6) is 0. The molecule has 0 amide bonds. The van der Waals surface area contributed by atoms with Gasteiger partial charge in [0.25, 0.3) is 0 Å². The maximum Gasteiger partial charge on any atom is 0.170 e. The Hall–Kier alpha value is -1.09. The van der Waals surface area contributed by atoms with Gasteiger partial charge in [0.1, 0.15) is 0 Å². The highest BCUT2D eigenvalue weighted by atomic mass is 32.1. The summed E-state index contributed by atoms with van der Waals surface area (Å²) in [6, 6.07) is 6.60. The van der Waals surface area contributed by atoms with Gasteiger partial charge in [0, 0.05) is 11.7 Å². The highest BCUT2D eigenvalue weighted by Gasteiger charge is 2.04. The molecule has 3 heteroatoms. The predicted octanol–water partition coefficient (Wildman–Crippen LogP) is 3.39.